The van der Waals surface area contributed by atoms with Crippen LogP contribution in [0.2, 0.25) is 0 Å². The molecule has 0 spiro atoms. The van der Waals surface area contributed by atoms with Gasteiger partial charge in [-0.1, -0.05) is 25.5 Å². The zero-order chi connectivity index (χ0) is 11.4. The molecule has 0 fully saturated rings. The van der Waals surface area contributed by atoms with Crippen molar-refractivity contribution in [1.82, 2.24) is 9.88 Å². The van der Waals surface area contributed by atoms with E-state index < -0.39 is 0 Å². The van der Waals surface area contributed by atoms with Crippen LogP contribution in [0.4, 0.5) is 0 Å². The van der Waals surface area contributed by atoms with Crippen molar-refractivity contribution in [2.75, 3.05) is 13.6 Å². The lowest BCUT2D eigenvalue weighted by molar-refractivity contribution is 0.320. The van der Waals surface area contributed by atoms with Crippen LogP contribution < -0.4 is 0 Å². The van der Waals surface area contributed by atoms with Crippen molar-refractivity contribution >= 4 is 21.6 Å². The Hall–Kier alpha value is -0.930. The quantitative estimate of drug-likeness (QED) is 0.787. The number of hydrogen-bond donors (Lipinski definition) is 0. The molecule has 16 heavy (non-hydrogen) atoms. The van der Waals surface area contributed by atoms with Crippen LogP contribution >= 0.6 is 11.3 Å². The fraction of sp³-hybridized carbons (Fsp3) is 0.462. The van der Waals surface area contributed by atoms with E-state index in [9.17, 15) is 0 Å². The van der Waals surface area contributed by atoms with Crippen LogP contribution in [0.1, 0.15) is 24.8 Å². The van der Waals surface area contributed by atoms with E-state index in [0.29, 0.717) is 0 Å². The molecule has 3 heteroatoms. The summed E-state index contributed by atoms with van der Waals surface area (Å²) < 4.78 is 1.29. The molecule has 0 aliphatic rings. The lowest BCUT2D eigenvalue weighted by Crippen LogP contribution is -2.18. The Bertz CT molecular complexity index is 417. The van der Waals surface area contributed by atoms with Gasteiger partial charge in [-0.15, -0.1) is 11.3 Å². The van der Waals surface area contributed by atoms with Crippen LogP contribution in [-0.2, 0) is 6.54 Å². The standard InChI is InChI=1S/C13H18N2S/c1-3-4-9-15(2)10-13-14-11-7-5-6-8-12(11)16-13/h5-8H,3-4,9-10H2,1-2H3. The molecule has 0 aliphatic heterocycles. The Balaban J connectivity index is 2.03. The van der Waals surface area contributed by atoms with E-state index in [1.165, 1.54) is 22.5 Å². The fourth-order valence-corrected chi connectivity index (χ4v) is 2.77. The molecule has 0 saturated carbocycles. The monoisotopic (exact) mass is 234 g/mol. The molecule has 1 heterocycles. The molecule has 0 atom stereocenters. The van der Waals surface area contributed by atoms with E-state index in [-0.39, 0.29) is 0 Å². The van der Waals surface area contributed by atoms with Gasteiger partial charge in [0.15, 0.2) is 0 Å². The van der Waals surface area contributed by atoms with E-state index in [4.69, 9.17) is 0 Å². The second kappa shape index (κ2) is 5.41. The predicted molar refractivity (Wildman–Crippen MR) is 70.9 cm³/mol. The van der Waals surface area contributed by atoms with Crippen molar-refractivity contribution in [1.29, 1.82) is 0 Å². The first-order valence-electron chi connectivity index (χ1n) is 5.82. The third-order valence-electron chi connectivity index (χ3n) is 2.64. The number of nitrogens with zero attached hydrogens (tertiary/aromatic N) is 2. The van der Waals surface area contributed by atoms with Crippen LogP contribution in [0.3, 0.4) is 0 Å². The van der Waals surface area contributed by atoms with Crippen molar-refractivity contribution in [3.63, 3.8) is 0 Å². The predicted octanol–water partition coefficient (Wildman–Crippen LogP) is 3.53. The average molecular weight is 234 g/mol. The van der Waals surface area contributed by atoms with E-state index in [1.807, 2.05) is 6.07 Å². The van der Waals surface area contributed by atoms with Gasteiger partial charge in [-0.05, 0) is 32.1 Å². The molecule has 0 saturated heterocycles. The Labute approximate surface area is 101 Å². The molecule has 1 aromatic carbocycles. The summed E-state index contributed by atoms with van der Waals surface area (Å²) in [6.07, 6.45) is 2.52. The summed E-state index contributed by atoms with van der Waals surface area (Å²) >= 11 is 1.81. The smallest absolute Gasteiger partial charge is 0.108 e. The molecule has 2 rings (SSSR count). The minimum Gasteiger partial charge on any atom is -0.300 e. The summed E-state index contributed by atoms with van der Waals surface area (Å²) in [5.74, 6) is 0. The maximum Gasteiger partial charge on any atom is 0.108 e. The van der Waals surface area contributed by atoms with Crippen LogP contribution in [0, 0.1) is 0 Å². The molecular formula is C13H18N2S. The summed E-state index contributed by atoms with van der Waals surface area (Å²) in [6, 6.07) is 8.35. The number of benzene rings is 1. The molecule has 0 bridgehead atoms. The van der Waals surface area contributed by atoms with Crippen molar-refractivity contribution in [3.8, 4) is 0 Å². The Morgan fingerprint density at radius 3 is 2.88 bits per heavy atom. The maximum atomic E-state index is 4.64. The number of fused-ring (bicyclic) bond motifs is 1. The number of rotatable bonds is 5. The molecule has 2 nitrogen and oxygen atoms in total. The molecule has 0 N–H and O–H groups in total. The van der Waals surface area contributed by atoms with Gasteiger partial charge < -0.3 is 0 Å². The van der Waals surface area contributed by atoms with Gasteiger partial charge in [0.25, 0.3) is 0 Å². The van der Waals surface area contributed by atoms with E-state index in [0.717, 1.165) is 18.6 Å². The fourth-order valence-electron chi connectivity index (χ4n) is 1.73. The van der Waals surface area contributed by atoms with Crippen molar-refractivity contribution in [2.24, 2.45) is 0 Å². The van der Waals surface area contributed by atoms with Crippen molar-refractivity contribution in [2.45, 2.75) is 26.3 Å². The molecule has 2 aromatic rings. The molecule has 0 unspecified atom stereocenters. The first kappa shape index (κ1) is 11.6. The third kappa shape index (κ3) is 2.80. The third-order valence-corrected chi connectivity index (χ3v) is 3.66. The lowest BCUT2D eigenvalue weighted by atomic mass is 10.3. The van der Waals surface area contributed by atoms with Gasteiger partial charge in [-0.2, -0.15) is 0 Å². The Morgan fingerprint density at radius 1 is 1.31 bits per heavy atom. The van der Waals surface area contributed by atoms with Crippen LogP contribution in [0.5, 0.6) is 0 Å². The van der Waals surface area contributed by atoms with Crippen LogP contribution in [0.25, 0.3) is 10.2 Å². The number of unbranched alkanes of at least 4 members (excludes halogenated alkanes) is 1. The van der Waals surface area contributed by atoms with E-state index in [1.54, 1.807) is 11.3 Å². The highest BCUT2D eigenvalue weighted by Crippen LogP contribution is 2.22. The summed E-state index contributed by atoms with van der Waals surface area (Å²) in [5.41, 5.74) is 1.13. The Kier molecular flexibility index (Phi) is 3.91. The molecule has 86 valence electrons. The number of hydrogen-bond acceptors (Lipinski definition) is 3. The van der Waals surface area contributed by atoms with Gasteiger partial charge in [0, 0.05) is 0 Å². The van der Waals surface area contributed by atoms with Crippen LogP contribution in [0.15, 0.2) is 24.3 Å². The molecule has 0 aliphatic carbocycles. The van der Waals surface area contributed by atoms with Gasteiger partial charge in [0.05, 0.1) is 16.8 Å². The largest absolute Gasteiger partial charge is 0.300 e. The normalized spacial score (nSPS) is 11.4. The maximum absolute atomic E-state index is 4.64. The van der Waals surface area contributed by atoms with Gasteiger partial charge in [-0.25, -0.2) is 4.98 Å². The van der Waals surface area contributed by atoms with E-state index >= 15 is 0 Å². The summed E-state index contributed by atoms with van der Waals surface area (Å²) in [7, 11) is 2.17. The highest BCUT2D eigenvalue weighted by Gasteiger charge is 2.05. The molecule has 1 aromatic heterocycles. The van der Waals surface area contributed by atoms with Crippen LogP contribution in [-0.4, -0.2) is 23.5 Å². The van der Waals surface area contributed by atoms with Crippen molar-refractivity contribution < 1.29 is 0 Å². The zero-order valence-corrected chi connectivity index (χ0v) is 10.8. The topological polar surface area (TPSA) is 16.1 Å². The second-order valence-corrected chi connectivity index (χ2v) is 5.28. The highest BCUT2D eigenvalue weighted by molar-refractivity contribution is 7.18. The van der Waals surface area contributed by atoms with Gasteiger partial charge in [0.2, 0.25) is 0 Å². The van der Waals surface area contributed by atoms with Crippen molar-refractivity contribution in [3.05, 3.63) is 29.3 Å². The molecule has 0 amide bonds. The van der Waals surface area contributed by atoms with Gasteiger partial charge in [-0.3, -0.25) is 4.90 Å². The van der Waals surface area contributed by atoms with Gasteiger partial charge in [0.1, 0.15) is 5.01 Å². The minimum atomic E-state index is 0.972. The highest BCUT2D eigenvalue weighted by atomic mass is 32.1. The summed E-state index contributed by atoms with van der Waals surface area (Å²) in [4.78, 5) is 6.99. The Morgan fingerprint density at radius 2 is 2.12 bits per heavy atom. The molecular weight excluding hydrogens is 216 g/mol. The first-order valence-corrected chi connectivity index (χ1v) is 6.64. The lowest BCUT2D eigenvalue weighted by Gasteiger charge is -2.13. The second-order valence-electron chi connectivity index (χ2n) is 4.17. The molecule has 0 radical (unpaired) electrons. The summed E-state index contributed by atoms with van der Waals surface area (Å²) in [6.45, 7) is 4.36. The minimum absolute atomic E-state index is 0.972. The first-order chi connectivity index (χ1) is 7.79. The van der Waals surface area contributed by atoms with E-state index in [2.05, 4.69) is 42.1 Å². The number of thiazole rings is 1. The SMILES string of the molecule is CCCCN(C)Cc1nc2ccccc2s1. The zero-order valence-electron chi connectivity index (χ0n) is 9.94. The number of para-hydroxylation sites is 1. The average Bonchev–Trinajstić information content (AvgIpc) is 2.68. The number of aromatic nitrogens is 1. The van der Waals surface area contributed by atoms with Gasteiger partial charge >= 0.3 is 0 Å². The summed E-state index contributed by atoms with van der Waals surface area (Å²) in [5, 5.41) is 1.22.